The molecule has 0 heterocycles. The molecule has 94 valence electrons. The fourth-order valence-corrected chi connectivity index (χ4v) is 1.71. The zero-order valence-electron chi connectivity index (χ0n) is 10.3. The monoisotopic (exact) mass is 243 g/mol. The van der Waals surface area contributed by atoms with Gasteiger partial charge in [-0.3, -0.25) is 0 Å². The van der Waals surface area contributed by atoms with Crippen molar-refractivity contribution in [1.29, 1.82) is 0 Å². The molecule has 0 aliphatic rings. The van der Waals surface area contributed by atoms with Gasteiger partial charge in [-0.1, -0.05) is 24.3 Å². The van der Waals surface area contributed by atoms with Crippen LogP contribution in [0.4, 0.5) is 5.69 Å². The summed E-state index contributed by atoms with van der Waals surface area (Å²) in [6.07, 6.45) is -0.0365. The number of rotatable bonds is 4. The second-order valence-electron chi connectivity index (χ2n) is 4.23. The first-order valence-corrected chi connectivity index (χ1v) is 5.91. The van der Waals surface area contributed by atoms with Gasteiger partial charge in [0.05, 0.1) is 6.61 Å². The maximum absolute atomic E-state index is 8.96. The van der Waals surface area contributed by atoms with E-state index in [1.165, 1.54) is 0 Å². The molecule has 0 fully saturated rings. The number of aliphatic hydroxyl groups excluding tert-OH is 1. The number of nitrogens with two attached hydrogens (primary N) is 1. The van der Waals surface area contributed by atoms with Crippen molar-refractivity contribution >= 4 is 5.69 Å². The largest absolute Gasteiger partial charge is 0.486 e. The standard InChI is InChI=1S/C15H17NO2/c1-11(13-4-6-14(16)7-5-13)18-15-8-2-12(10-17)3-9-15/h2-9,11,17H,10,16H2,1H3. The summed E-state index contributed by atoms with van der Waals surface area (Å²) in [5, 5.41) is 8.96. The van der Waals surface area contributed by atoms with Gasteiger partial charge in [-0.2, -0.15) is 0 Å². The molecule has 0 amide bonds. The van der Waals surface area contributed by atoms with E-state index in [2.05, 4.69) is 0 Å². The van der Waals surface area contributed by atoms with E-state index in [0.717, 1.165) is 22.6 Å². The molecule has 0 aromatic heterocycles. The van der Waals surface area contributed by atoms with Crippen LogP contribution < -0.4 is 10.5 Å². The molecule has 1 atom stereocenters. The first-order chi connectivity index (χ1) is 8.69. The molecule has 0 saturated carbocycles. The molecule has 3 heteroatoms. The molecule has 1 unspecified atom stereocenters. The van der Waals surface area contributed by atoms with Crippen LogP contribution in [0.25, 0.3) is 0 Å². The fourth-order valence-electron chi connectivity index (χ4n) is 1.71. The highest BCUT2D eigenvalue weighted by Gasteiger charge is 2.06. The van der Waals surface area contributed by atoms with Crippen LogP contribution in [0.3, 0.4) is 0 Å². The second kappa shape index (κ2) is 5.56. The van der Waals surface area contributed by atoms with Crippen LogP contribution in [0, 0.1) is 0 Å². The molecule has 0 saturated heterocycles. The third-order valence-electron chi connectivity index (χ3n) is 2.82. The lowest BCUT2D eigenvalue weighted by molar-refractivity contribution is 0.226. The Labute approximate surface area is 107 Å². The average molecular weight is 243 g/mol. The normalized spacial score (nSPS) is 12.1. The molecule has 0 bridgehead atoms. The Balaban J connectivity index is 2.05. The molecule has 2 rings (SSSR count). The summed E-state index contributed by atoms with van der Waals surface area (Å²) >= 11 is 0. The quantitative estimate of drug-likeness (QED) is 0.812. The first kappa shape index (κ1) is 12.5. The van der Waals surface area contributed by atoms with Crippen molar-refractivity contribution in [3.63, 3.8) is 0 Å². The molecule has 0 aliphatic heterocycles. The lowest BCUT2D eigenvalue weighted by atomic mass is 10.1. The van der Waals surface area contributed by atoms with Crippen molar-refractivity contribution in [3.05, 3.63) is 59.7 Å². The molecule has 2 aromatic rings. The van der Waals surface area contributed by atoms with Gasteiger partial charge in [0.15, 0.2) is 0 Å². The van der Waals surface area contributed by atoms with Crippen LogP contribution in [0.15, 0.2) is 48.5 Å². The van der Waals surface area contributed by atoms with Crippen molar-refractivity contribution < 1.29 is 9.84 Å². The Kier molecular flexibility index (Phi) is 3.85. The average Bonchev–Trinajstić information content (AvgIpc) is 2.40. The first-order valence-electron chi connectivity index (χ1n) is 5.91. The van der Waals surface area contributed by atoms with E-state index in [4.69, 9.17) is 15.6 Å². The molecule has 0 spiro atoms. The maximum atomic E-state index is 8.96. The second-order valence-corrected chi connectivity index (χ2v) is 4.23. The summed E-state index contributed by atoms with van der Waals surface area (Å²) in [5.74, 6) is 0.788. The van der Waals surface area contributed by atoms with Crippen molar-refractivity contribution in [2.45, 2.75) is 19.6 Å². The highest BCUT2D eigenvalue weighted by atomic mass is 16.5. The predicted molar refractivity (Wildman–Crippen MR) is 72.3 cm³/mol. The van der Waals surface area contributed by atoms with Crippen LogP contribution in [0.5, 0.6) is 5.75 Å². The number of anilines is 1. The molecule has 2 aromatic carbocycles. The fraction of sp³-hybridized carbons (Fsp3) is 0.200. The SMILES string of the molecule is CC(Oc1ccc(CO)cc1)c1ccc(N)cc1. The Morgan fingerprint density at radius 1 is 1.06 bits per heavy atom. The van der Waals surface area contributed by atoms with E-state index < -0.39 is 0 Å². The smallest absolute Gasteiger partial charge is 0.121 e. The number of benzene rings is 2. The number of hydrogen-bond acceptors (Lipinski definition) is 3. The Bertz CT molecular complexity index is 491. The Morgan fingerprint density at radius 2 is 1.67 bits per heavy atom. The Hall–Kier alpha value is -2.00. The number of nitrogen functional groups attached to an aromatic ring is 1. The zero-order valence-corrected chi connectivity index (χ0v) is 10.3. The minimum Gasteiger partial charge on any atom is -0.486 e. The van der Waals surface area contributed by atoms with Gasteiger partial charge in [-0.25, -0.2) is 0 Å². The molecular formula is C15H17NO2. The number of ether oxygens (including phenoxy) is 1. The molecule has 18 heavy (non-hydrogen) atoms. The topological polar surface area (TPSA) is 55.5 Å². The van der Waals surface area contributed by atoms with Gasteiger partial charge < -0.3 is 15.6 Å². The zero-order chi connectivity index (χ0) is 13.0. The molecule has 0 radical (unpaired) electrons. The van der Waals surface area contributed by atoms with E-state index in [-0.39, 0.29) is 12.7 Å². The van der Waals surface area contributed by atoms with E-state index in [9.17, 15) is 0 Å². The van der Waals surface area contributed by atoms with Crippen molar-refractivity contribution in [2.24, 2.45) is 0 Å². The number of hydrogen-bond donors (Lipinski definition) is 2. The van der Waals surface area contributed by atoms with Gasteiger partial charge in [0.25, 0.3) is 0 Å². The summed E-state index contributed by atoms with van der Waals surface area (Å²) in [5.41, 5.74) is 8.35. The highest BCUT2D eigenvalue weighted by molar-refractivity contribution is 5.40. The van der Waals surface area contributed by atoms with E-state index in [1.54, 1.807) is 0 Å². The Morgan fingerprint density at radius 3 is 2.22 bits per heavy atom. The molecule has 0 aliphatic carbocycles. The summed E-state index contributed by atoms with van der Waals surface area (Å²) in [4.78, 5) is 0. The van der Waals surface area contributed by atoms with E-state index in [1.807, 2.05) is 55.5 Å². The van der Waals surface area contributed by atoms with Gasteiger partial charge in [0, 0.05) is 5.69 Å². The van der Waals surface area contributed by atoms with Gasteiger partial charge in [-0.05, 0) is 42.3 Å². The summed E-state index contributed by atoms with van der Waals surface area (Å²) in [6, 6.07) is 15.1. The van der Waals surface area contributed by atoms with Crippen molar-refractivity contribution in [3.8, 4) is 5.75 Å². The van der Waals surface area contributed by atoms with Crippen LogP contribution in [-0.4, -0.2) is 5.11 Å². The summed E-state index contributed by atoms with van der Waals surface area (Å²) in [7, 11) is 0. The minimum absolute atomic E-state index is 0.0365. The highest BCUT2D eigenvalue weighted by Crippen LogP contribution is 2.22. The van der Waals surface area contributed by atoms with Crippen LogP contribution in [-0.2, 0) is 6.61 Å². The van der Waals surface area contributed by atoms with Crippen LogP contribution in [0.1, 0.15) is 24.2 Å². The molecular weight excluding hydrogens is 226 g/mol. The van der Waals surface area contributed by atoms with Crippen molar-refractivity contribution in [2.75, 3.05) is 5.73 Å². The van der Waals surface area contributed by atoms with Crippen LogP contribution in [0.2, 0.25) is 0 Å². The third-order valence-corrected chi connectivity index (χ3v) is 2.82. The number of aliphatic hydroxyl groups is 1. The molecule has 3 N–H and O–H groups in total. The van der Waals surface area contributed by atoms with Gasteiger partial charge in [0.2, 0.25) is 0 Å². The lowest BCUT2D eigenvalue weighted by Gasteiger charge is -2.15. The van der Waals surface area contributed by atoms with Gasteiger partial charge in [-0.15, -0.1) is 0 Å². The summed E-state index contributed by atoms with van der Waals surface area (Å²) in [6.45, 7) is 2.04. The van der Waals surface area contributed by atoms with Crippen molar-refractivity contribution in [1.82, 2.24) is 0 Å². The third kappa shape index (κ3) is 3.02. The predicted octanol–water partition coefficient (Wildman–Crippen LogP) is 2.90. The van der Waals surface area contributed by atoms with Crippen LogP contribution >= 0.6 is 0 Å². The lowest BCUT2D eigenvalue weighted by Crippen LogP contribution is -2.03. The molecule has 3 nitrogen and oxygen atoms in total. The summed E-state index contributed by atoms with van der Waals surface area (Å²) < 4.78 is 5.82. The minimum atomic E-state index is -0.0365. The van der Waals surface area contributed by atoms with E-state index >= 15 is 0 Å². The van der Waals surface area contributed by atoms with Gasteiger partial charge in [0.1, 0.15) is 11.9 Å². The van der Waals surface area contributed by atoms with Gasteiger partial charge >= 0.3 is 0 Å². The van der Waals surface area contributed by atoms with E-state index in [0.29, 0.717) is 0 Å². The maximum Gasteiger partial charge on any atom is 0.121 e.